The molecule has 1 aliphatic heterocycles. The van der Waals surface area contributed by atoms with E-state index in [0.717, 1.165) is 24.7 Å². The smallest absolute Gasteiger partial charge is 0.127 e. The van der Waals surface area contributed by atoms with Crippen LogP contribution in [0.5, 0.6) is 5.75 Å². The van der Waals surface area contributed by atoms with Gasteiger partial charge in [0.1, 0.15) is 11.6 Å². The summed E-state index contributed by atoms with van der Waals surface area (Å²) in [5.74, 6) is 0.349. The summed E-state index contributed by atoms with van der Waals surface area (Å²) in [4.78, 5) is 2.33. The highest BCUT2D eigenvalue weighted by Crippen LogP contribution is 2.25. The van der Waals surface area contributed by atoms with Crippen LogP contribution in [0.4, 0.5) is 4.39 Å². The van der Waals surface area contributed by atoms with Gasteiger partial charge in [-0.3, -0.25) is 4.90 Å². The molecule has 1 heterocycles. The van der Waals surface area contributed by atoms with Crippen molar-refractivity contribution in [3.63, 3.8) is 0 Å². The second-order valence-electron chi connectivity index (χ2n) is 4.94. The molecule has 0 amide bonds. The first-order chi connectivity index (χ1) is 7.54. The van der Waals surface area contributed by atoms with Crippen LogP contribution < -0.4 is 0 Å². The molecule has 0 aromatic heterocycles. The minimum atomic E-state index is -0.366. The molecule has 0 radical (unpaired) electrons. The number of likely N-dealkylation sites (tertiary alicyclic amines) is 1. The predicted octanol–water partition coefficient (Wildman–Crippen LogP) is 2.76. The zero-order valence-corrected chi connectivity index (χ0v) is 9.78. The maximum atomic E-state index is 13.1. The van der Waals surface area contributed by atoms with Gasteiger partial charge in [0, 0.05) is 25.2 Å². The summed E-state index contributed by atoms with van der Waals surface area (Å²) in [6, 6.07) is 4.81. The predicted molar refractivity (Wildman–Crippen MR) is 61.7 cm³/mol. The van der Waals surface area contributed by atoms with E-state index in [0.29, 0.717) is 12.0 Å². The van der Waals surface area contributed by atoms with Crippen LogP contribution in [0.3, 0.4) is 0 Å². The first-order valence-electron chi connectivity index (χ1n) is 5.77. The van der Waals surface area contributed by atoms with E-state index in [4.69, 9.17) is 0 Å². The highest BCUT2D eigenvalue weighted by atomic mass is 19.1. The van der Waals surface area contributed by atoms with Crippen molar-refractivity contribution in [2.75, 3.05) is 6.54 Å². The summed E-state index contributed by atoms with van der Waals surface area (Å²) in [6.45, 7) is 6.21. The highest BCUT2D eigenvalue weighted by molar-refractivity contribution is 5.28. The van der Waals surface area contributed by atoms with Crippen molar-refractivity contribution in [2.45, 2.75) is 32.9 Å². The molecule has 16 heavy (non-hydrogen) atoms. The first kappa shape index (κ1) is 11.4. The van der Waals surface area contributed by atoms with E-state index < -0.39 is 0 Å². The van der Waals surface area contributed by atoms with Crippen molar-refractivity contribution in [1.29, 1.82) is 0 Å². The van der Waals surface area contributed by atoms with Crippen LogP contribution in [0, 0.1) is 11.7 Å². The Balaban J connectivity index is 2.09. The fourth-order valence-electron chi connectivity index (χ4n) is 2.57. The lowest BCUT2D eigenvalue weighted by Crippen LogP contribution is -2.26. The standard InChI is InChI=1S/C13H18FNO/c1-9-3-10(2)15(7-9)8-11-4-12(14)6-13(16)5-11/h4-6,9-10,16H,3,7-8H2,1-2H3. The number of aromatic hydroxyl groups is 1. The maximum absolute atomic E-state index is 13.1. The Morgan fingerprint density at radius 1 is 1.38 bits per heavy atom. The van der Waals surface area contributed by atoms with Crippen molar-refractivity contribution in [3.8, 4) is 5.75 Å². The van der Waals surface area contributed by atoms with Gasteiger partial charge in [-0.1, -0.05) is 6.92 Å². The average Bonchev–Trinajstić information content (AvgIpc) is 2.43. The first-order valence-corrected chi connectivity index (χ1v) is 5.77. The molecule has 2 unspecified atom stereocenters. The number of halogens is 1. The van der Waals surface area contributed by atoms with Crippen LogP contribution in [0.15, 0.2) is 18.2 Å². The summed E-state index contributed by atoms with van der Waals surface area (Å²) in [7, 11) is 0. The third-order valence-corrected chi connectivity index (χ3v) is 3.24. The van der Waals surface area contributed by atoms with Crippen molar-refractivity contribution in [1.82, 2.24) is 4.90 Å². The molecule has 0 saturated carbocycles. The molecule has 1 saturated heterocycles. The highest BCUT2D eigenvalue weighted by Gasteiger charge is 2.25. The van der Waals surface area contributed by atoms with Gasteiger partial charge in [0.2, 0.25) is 0 Å². The van der Waals surface area contributed by atoms with Crippen LogP contribution >= 0.6 is 0 Å². The fourth-order valence-corrected chi connectivity index (χ4v) is 2.57. The van der Waals surface area contributed by atoms with Gasteiger partial charge in [-0.05, 0) is 37.0 Å². The molecule has 1 fully saturated rings. The lowest BCUT2D eigenvalue weighted by atomic mass is 10.1. The molecule has 2 nitrogen and oxygen atoms in total. The largest absolute Gasteiger partial charge is 0.508 e. The molecule has 2 atom stereocenters. The molecule has 1 aliphatic rings. The van der Waals surface area contributed by atoms with Crippen LogP contribution in [0.1, 0.15) is 25.8 Å². The van der Waals surface area contributed by atoms with Gasteiger partial charge >= 0.3 is 0 Å². The molecular formula is C13H18FNO. The van der Waals surface area contributed by atoms with E-state index in [2.05, 4.69) is 18.7 Å². The summed E-state index contributed by atoms with van der Waals surface area (Å²) < 4.78 is 13.1. The Morgan fingerprint density at radius 3 is 2.69 bits per heavy atom. The second-order valence-corrected chi connectivity index (χ2v) is 4.94. The molecule has 0 spiro atoms. The normalized spacial score (nSPS) is 26.2. The van der Waals surface area contributed by atoms with E-state index in [9.17, 15) is 9.50 Å². The topological polar surface area (TPSA) is 23.5 Å². The molecule has 1 aromatic carbocycles. The van der Waals surface area contributed by atoms with Gasteiger partial charge in [0.05, 0.1) is 0 Å². The van der Waals surface area contributed by atoms with E-state index in [-0.39, 0.29) is 11.6 Å². The van der Waals surface area contributed by atoms with E-state index in [1.807, 2.05) is 0 Å². The maximum Gasteiger partial charge on any atom is 0.127 e. The van der Waals surface area contributed by atoms with Gasteiger partial charge in [0.15, 0.2) is 0 Å². The molecular weight excluding hydrogens is 205 g/mol. The molecule has 1 N–H and O–H groups in total. The fraction of sp³-hybridized carbons (Fsp3) is 0.538. The van der Waals surface area contributed by atoms with Gasteiger partial charge in [-0.15, -0.1) is 0 Å². The summed E-state index contributed by atoms with van der Waals surface area (Å²) >= 11 is 0. The zero-order chi connectivity index (χ0) is 11.7. The van der Waals surface area contributed by atoms with Gasteiger partial charge in [0.25, 0.3) is 0 Å². The van der Waals surface area contributed by atoms with Crippen LogP contribution in [-0.4, -0.2) is 22.6 Å². The van der Waals surface area contributed by atoms with E-state index >= 15 is 0 Å². The molecule has 88 valence electrons. The molecule has 3 heteroatoms. The monoisotopic (exact) mass is 223 g/mol. The molecule has 0 aliphatic carbocycles. The number of nitrogens with zero attached hydrogens (tertiary/aromatic N) is 1. The average molecular weight is 223 g/mol. The van der Waals surface area contributed by atoms with Crippen molar-refractivity contribution in [3.05, 3.63) is 29.6 Å². The lowest BCUT2D eigenvalue weighted by molar-refractivity contribution is 0.256. The zero-order valence-electron chi connectivity index (χ0n) is 9.78. The van der Waals surface area contributed by atoms with E-state index in [1.54, 1.807) is 6.07 Å². The molecule has 1 aromatic rings. The number of rotatable bonds is 2. The SMILES string of the molecule is CC1CC(C)N(Cc2cc(O)cc(F)c2)C1. The van der Waals surface area contributed by atoms with Crippen LogP contribution in [0.25, 0.3) is 0 Å². The summed E-state index contributed by atoms with van der Waals surface area (Å²) in [5, 5.41) is 9.33. The minimum absolute atomic E-state index is 0.00917. The summed E-state index contributed by atoms with van der Waals surface area (Å²) in [6.07, 6.45) is 1.20. The molecule has 2 rings (SSSR count). The van der Waals surface area contributed by atoms with Gasteiger partial charge < -0.3 is 5.11 Å². The Kier molecular flexibility index (Phi) is 3.15. The second kappa shape index (κ2) is 4.42. The Labute approximate surface area is 95.7 Å². The van der Waals surface area contributed by atoms with Crippen molar-refractivity contribution < 1.29 is 9.50 Å². The number of hydrogen-bond acceptors (Lipinski definition) is 2. The van der Waals surface area contributed by atoms with Crippen molar-refractivity contribution in [2.24, 2.45) is 5.92 Å². The number of phenolic OH excluding ortho intramolecular Hbond substituents is 1. The van der Waals surface area contributed by atoms with E-state index in [1.165, 1.54) is 12.5 Å². The quantitative estimate of drug-likeness (QED) is 0.833. The number of benzene rings is 1. The Morgan fingerprint density at radius 2 is 2.12 bits per heavy atom. The third-order valence-electron chi connectivity index (χ3n) is 3.24. The number of phenols is 1. The Bertz CT molecular complexity index is 360. The Hall–Kier alpha value is -1.09. The molecule has 0 bridgehead atoms. The minimum Gasteiger partial charge on any atom is -0.508 e. The summed E-state index contributed by atoms with van der Waals surface area (Å²) in [5.41, 5.74) is 0.846. The number of hydrogen-bond donors (Lipinski definition) is 1. The third kappa shape index (κ3) is 2.53. The van der Waals surface area contributed by atoms with Crippen LogP contribution in [-0.2, 0) is 6.54 Å². The van der Waals surface area contributed by atoms with Gasteiger partial charge in [-0.25, -0.2) is 4.39 Å². The van der Waals surface area contributed by atoms with Crippen LogP contribution in [0.2, 0.25) is 0 Å². The van der Waals surface area contributed by atoms with Crippen molar-refractivity contribution >= 4 is 0 Å². The van der Waals surface area contributed by atoms with Gasteiger partial charge in [-0.2, -0.15) is 0 Å². The lowest BCUT2D eigenvalue weighted by Gasteiger charge is -2.21.